The standard InChI is InChI=1S/C18H31ClFIN2O/c1-13(15-4-5-17(20)16(19)12-15)23-18(22)11-14-3-2-7-21(8-6-14)9-10-24/h3,13,15-17,24H,2,4-12H2,1H3,(H2,22,23). The Morgan fingerprint density at radius 1 is 1.50 bits per heavy atom. The summed E-state index contributed by atoms with van der Waals surface area (Å²) in [4.78, 5) is 4.69. The number of alkyl halides is 5. The minimum atomic E-state index is -0.929. The van der Waals surface area contributed by atoms with E-state index in [1.807, 2.05) is 0 Å². The first-order valence-electron chi connectivity index (χ1n) is 8.96. The Morgan fingerprint density at radius 2 is 2.29 bits per heavy atom. The van der Waals surface area contributed by atoms with Gasteiger partial charge in [0.25, 0.3) is 0 Å². The SMILES string of the molecule is CC(N=C(N)CC1=CCCI(CCO)CC1)C1CCC(F)C(Cl)C1. The molecule has 1 fully saturated rings. The van der Waals surface area contributed by atoms with Crippen LogP contribution in [0, 0.1) is 5.92 Å². The van der Waals surface area contributed by atoms with Crippen molar-refractivity contribution in [1.29, 1.82) is 0 Å². The number of amidine groups is 1. The van der Waals surface area contributed by atoms with Crippen LogP contribution in [0.4, 0.5) is 4.39 Å². The van der Waals surface area contributed by atoms with Crippen LogP contribution in [-0.2, 0) is 0 Å². The number of nitrogens with zero attached hydrogens (tertiary/aromatic N) is 1. The Morgan fingerprint density at radius 3 is 3.00 bits per heavy atom. The van der Waals surface area contributed by atoms with E-state index in [1.165, 1.54) is 14.4 Å². The number of rotatable bonds is 6. The molecule has 1 heterocycles. The molecule has 4 atom stereocenters. The second-order valence-electron chi connectivity index (χ2n) is 6.90. The van der Waals surface area contributed by atoms with Crippen molar-refractivity contribution in [1.82, 2.24) is 0 Å². The average molecular weight is 473 g/mol. The molecule has 1 aliphatic heterocycles. The zero-order chi connectivity index (χ0) is 17.5. The van der Waals surface area contributed by atoms with E-state index >= 15 is 0 Å². The van der Waals surface area contributed by atoms with Crippen LogP contribution in [0.15, 0.2) is 16.6 Å². The van der Waals surface area contributed by atoms with Crippen molar-refractivity contribution in [2.45, 2.75) is 63.0 Å². The summed E-state index contributed by atoms with van der Waals surface area (Å²) in [5.41, 5.74) is 7.60. The van der Waals surface area contributed by atoms with Gasteiger partial charge in [-0.25, -0.2) is 0 Å². The summed E-state index contributed by atoms with van der Waals surface area (Å²) in [6.45, 7) is 2.43. The quantitative estimate of drug-likeness (QED) is 0.201. The molecule has 1 aliphatic carbocycles. The Labute approximate surface area is 157 Å². The molecule has 140 valence electrons. The molecule has 0 aromatic rings. The number of allylic oxidation sites excluding steroid dienone is 1. The molecule has 2 aliphatic rings. The van der Waals surface area contributed by atoms with E-state index in [0.29, 0.717) is 31.2 Å². The maximum atomic E-state index is 13.5. The average Bonchev–Trinajstić information content (AvgIpc) is 2.75. The van der Waals surface area contributed by atoms with Crippen LogP contribution in [0.3, 0.4) is 0 Å². The van der Waals surface area contributed by atoms with Gasteiger partial charge in [0.05, 0.1) is 0 Å². The van der Waals surface area contributed by atoms with Crippen molar-refractivity contribution < 1.29 is 9.50 Å². The molecule has 3 nitrogen and oxygen atoms in total. The summed E-state index contributed by atoms with van der Waals surface area (Å²) < 4.78 is 17.2. The van der Waals surface area contributed by atoms with Crippen LogP contribution < -0.4 is 5.73 Å². The fraction of sp³-hybridized carbons (Fsp3) is 0.833. The summed E-state index contributed by atoms with van der Waals surface area (Å²) in [5, 5.41) is 8.76. The number of nitrogens with two attached hydrogens (primary N) is 1. The topological polar surface area (TPSA) is 58.6 Å². The number of aliphatic imine (C=N–C) groups is 1. The number of hydrogen-bond acceptors (Lipinski definition) is 2. The molecule has 2 rings (SSSR count). The monoisotopic (exact) mass is 472 g/mol. The Hall–Kier alpha value is 0.120. The Balaban J connectivity index is 1.83. The molecule has 0 aromatic heterocycles. The summed E-state index contributed by atoms with van der Waals surface area (Å²) in [5.74, 6) is 1.04. The van der Waals surface area contributed by atoms with Gasteiger partial charge in [-0.3, -0.25) is 0 Å². The van der Waals surface area contributed by atoms with Gasteiger partial charge in [0, 0.05) is 0 Å². The Bertz CT molecular complexity index is 460. The van der Waals surface area contributed by atoms with E-state index in [1.54, 1.807) is 0 Å². The van der Waals surface area contributed by atoms with Gasteiger partial charge in [-0.1, -0.05) is 0 Å². The zero-order valence-corrected chi connectivity index (χ0v) is 17.5. The van der Waals surface area contributed by atoms with E-state index in [2.05, 4.69) is 18.0 Å². The molecular formula is C18H31ClFIN2O. The third-order valence-electron chi connectivity index (χ3n) is 5.04. The summed E-state index contributed by atoms with van der Waals surface area (Å²) in [6.07, 6.45) is 6.56. The molecule has 0 amide bonds. The molecule has 1 saturated carbocycles. The fourth-order valence-corrected chi connectivity index (χ4v) is 8.83. The van der Waals surface area contributed by atoms with Crippen LogP contribution in [0.25, 0.3) is 0 Å². The molecular weight excluding hydrogens is 442 g/mol. The molecule has 0 saturated heterocycles. The predicted octanol–water partition coefficient (Wildman–Crippen LogP) is 4.09. The van der Waals surface area contributed by atoms with Crippen molar-refractivity contribution >= 4 is 37.3 Å². The second-order valence-corrected chi connectivity index (χ2v) is 13.9. The summed E-state index contributed by atoms with van der Waals surface area (Å²) in [7, 11) is 0. The molecule has 24 heavy (non-hydrogen) atoms. The van der Waals surface area contributed by atoms with Crippen LogP contribution in [0.5, 0.6) is 0 Å². The van der Waals surface area contributed by atoms with Crippen LogP contribution in [-0.4, -0.2) is 48.4 Å². The molecule has 0 radical (unpaired) electrons. The molecule has 6 heteroatoms. The number of aliphatic hydroxyl groups excluding tert-OH is 1. The van der Waals surface area contributed by atoms with Crippen LogP contribution >= 0.6 is 31.4 Å². The third kappa shape index (κ3) is 6.45. The predicted molar refractivity (Wildman–Crippen MR) is 111 cm³/mol. The van der Waals surface area contributed by atoms with Crippen molar-refractivity contribution in [3.8, 4) is 0 Å². The van der Waals surface area contributed by atoms with Gasteiger partial charge < -0.3 is 0 Å². The van der Waals surface area contributed by atoms with Gasteiger partial charge >= 0.3 is 158 Å². The van der Waals surface area contributed by atoms with Crippen LogP contribution in [0.2, 0.25) is 0 Å². The number of hydrogen-bond donors (Lipinski definition) is 2. The van der Waals surface area contributed by atoms with Gasteiger partial charge in [0.2, 0.25) is 0 Å². The Kier molecular flexibility index (Phi) is 8.78. The first kappa shape index (κ1) is 20.4. The van der Waals surface area contributed by atoms with Gasteiger partial charge in [0.15, 0.2) is 0 Å². The third-order valence-corrected chi connectivity index (χ3v) is 11.7. The van der Waals surface area contributed by atoms with Crippen molar-refractivity contribution in [2.75, 3.05) is 19.9 Å². The first-order valence-corrected chi connectivity index (χ1v) is 14.0. The minimum absolute atomic E-state index is 0.114. The van der Waals surface area contributed by atoms with Gasteiger partial charge in [-0.15, -0.1) is 0 Å². The first-order chi connectivity index (χ1) is 11.5. The van der Waals surface area contributed by atoms with E-state index in [-0.39, 0.29) is 11.4 Å². The summed E-state index contributed by atoms with van der Waals surface area (Å²) >= 11 is 5.15. The second kappa shape index (κ2) is 10.3. The summed E-state index contributed by atoms with van der Waals surface area (Å²) in [6, 6.07) is 0.114. The molecule has 3 N–H and O–H groups in total. The van der Waals surface area contributed by atoms with Crippen molar-refractivity contribution in [3.05, 3.63) is 11.6 Å². The van der Waals surface area contributed by atoms with Gasteiger partial charge in [-0.05, 0) is 0 Å². The van der Waals surface area contributed by atoms with Gasteiger partial charge in [0.1, 0.15) is 0 Å². The van der Waals surface area contributed by atoms with E-state index in [4.69, 9.17) is 22.4 Å². The van der Waals surface area contributed by atoms with Crippen molar-refractivity contribution in [3.63, 3.8) is 0 Å². The van der Waals surface area contributed by atoms with E-state index in [9.17, 15) is 4.39 Å². The number of aliphatic hydroxyl groups is 1. The molecule has 0 bridgehead atoms. The van der Waals surface area contributed by atoms with Crippen molar-refractivity contribution in [2.24, 2.45) is 16.6 Å². The molecule has 4 unspecified atom stereocenters. The zero-order valence-electron chi connectivity index (χ0n) is 14.6. The normalized spacial score (nSPS) is 32.2. The maximum absolute atomic E-state index is 13.5. The van der Waals surface area contributed by atoms with E-state index < -0.39 is 26.0 Å². The van der Waals surface area contributed by atoms with Crippen LogP contribution in [0.1, 0.15) is 45.4 Å². The molecule has 0 spiro atoms. The fourth-order valence-electron chi connectivity index (χ4n) is 3.53. The number of halogens is 3. The van der Waals surface area contributed by atoms with E-state index in [0.717, 1.165) is 30.1 Å². The van der Waals surface area contributed by atoms with Gasteiger partial charge in [-0.2, -0.15) is 0 Å². The molecule has 0 aromatic carbocycles.